The Balaban J connectivity index is 1.45. The zero-order valence-electron chi connectivity index (χ0n) is 11.7. The van der Waals surface area contributed by atoms with Gasteiger partial charge in [-0.1, -0.05) is 0 Å². The lowest BCUT2D eigenvalue weighted by Crippen LogP contribution is -2.41. The molecule has 0 saturated carbocycles. The zero-order chi connectivity index (χ0) is 14.5. The Morgan fingerprint density at radius 3 is 3.19 bits per heavy atom. The molecule has 1 fully saturated rings. The summed E-state index contributed by atoms with van der Waals surface area (Å²) in [4.78, 5) is 19.3. The van der Waals surface area contributed by atoms with Gasteiger partial charge in [0.15, 0.2) is 4.96 Å². The third-order valence-electron chi connectivity index (χ3n) is 3.41. The third kappa shape index (κ3) is 3.69. The minimum atomic E-state index is -0.0755. The zero-order valence-corrected chi connectivity index (χ0v) is 12.5. The summed E-state index contributed by atoms with van der Waals surface area (Å²) in [6.07, 6.45) is 7.06. The number of thiazole rings is 1. The molecule has 1 aliphatic rings. The van der Waals surface area contributed by atoms with Gasteiger partial charge in [-0.3, -0.25) is 14.1 Å². The highest BCUT2D eigenvalue weighted by Crippen LogP contribution is 2.13. The van der Waals surface area contributed by atoms with Crippen molar-refractivity contribution < 1.29 is 9.53 Å². The Morgan fingerprint density at radius 1 is 1.48 bits per heavy atom. The molecule has 0 atom stereocenters. The molecular formula is C14H18N4O2S. The largest absolute Gasteiger partial charge is 0.379 e. The maximum Gasteiger partial charge on any atom is 0.244 e. The average Bonchev–Trinajstić information content (AvgIpc) is 3.10. The van der Waals surface area contributed by atoms with Crippen molar-refractivity contribution in [1.82, 2.24) is 19.6 Å². The number of rotatable bonds is 5. The number of hydrogen-bond acceptors (Lipinski definition) is 5. The van der Waals surface area contributed by atoms with Crippen LogP contribution in [0, 0.1) is 0 Å². The van der Waals surface area contributed by atoms with Crippen LogP contribution in [0.2, 0.25) is 0 Å². The predicted octanol–water partition coefficient (Wildman–Crippen LogP) is 0.857. The molecule has 21 heavy (non-hydrogen) atoms. The van der Waals surface area contributed by atoms with Crippen molar-refractivity contribution in [3.05, 3.63) is 29.5 Å². The molecule has 0 unspecified atom stereocenters. The van der Waals surface area contributed by atoms with Gasteiger partial charge in [0.25, 0.3) is 0 Å². The van der Waals surface area contributed by atoms with Gasteiger partial charge in [0.1, 0.15) is 0 Å². The number of aromatic nitrogens is 2. The summed E-state index contributed by atoms with van der Waals surface area (Å²) in [5, 5.41) is 4.87. The molecule has 0 aliphatic carbocycles. The molecule has 0 aromatic carbocycles. The summed E-state index contributed by atoms with van der Waals surface area (Å²) in [6, 6.07) is 0. The second kappa shape index (κ2) is 6.84. The molecule has 0 spiro atoms. The van der Waals surface area contributed by atoms with E-state index in [-0.39, 0.29) is 5.91 Å². The SMILES string of the molecule is O=C(/C=C/c1cnc2sccn12)NCCN1CCOCC1. The molecular weight excluding hydrogens is 288 g/mol. The number of carbonyl (C=O) groups is 1. The van der Waals surface area contributed by atoms with Gasteiger partial charge in [-0.15, -0.1) is 11.3 Å². The first kappa shape index (κ1) is 14.2. The van der Waals surface area contributed by atoms with Crippen LogP contribution in [0.1, 0.15) is 5.69 Å². The summed E-state index contributed by atoms with van der Waals surface area (Å²) in [5.74, 6) is -0.0755. The van der Waals surface area contributed by atoms with Gasteiger partial charge in [0.05, 0.1) is 25.1 Å². The smallest absolute Gasteiger partial charge is 0.244 e. The van der Waals surface area contributed by atoms with Crippen molar-refractivity contribution in [2.45, 2.75) is 0 Å². The molecule has 1 amide bonds. The fourth-order valence-corrected chi connectivity index (χ4v) is 2.95. The van der Waals surface area contributed by atoms with Crippen molar-refractivity contribution in [2.75, 3.05) is 39.4 Å². The number of carbonyl (C=O) groups excluding carboxylic acids is 1. The lowest BCUT2D eigenvalue weighted by molar-refractivity contribution is -0.116. The van der Waals surface area contributed by atoms with Crippen LogP contribution in [0.25, 0.3) is 11.0 Å². The first-order chi connectivity index (χ1) is 10.3. The number of hydrogen-bond donors (Lipinski definition) is 1. The highest BCUT2D eigenvalue weighted by molar-refractivity contribution is 7.15. The number of morpholine rings is 1. The van der Waals surface area contributed by atoms with Crippen LogP contribution in [-0.2, 0) is 9.53 Å². The second-order valence-corrected chi connectivity index (χ2v) is 5.69. The number of imidazole rings is 1. The van der Waals surface area contributed by atoms with Gasteiger partial charge in [-0.25, -0.2) is 4.98 Å². The van der Waals surface area contributed by atoms with Crippen molar-refractivity contribution in [3.8, 4) is 0 Å². The van der Waals surface area contributed by atoms with Crippen LogP contribution in [0.15, 0.2) is 23.8 Å². The van der Waals surface area contributed by atoms with Crippen LogP contribution >= 0.6 is 11.3 Å². The maximum atomic E-state index is 11.8. The predicted molar refractivity (Wildman–Crippen MR) is 82.4 cm³/mol. The quantitative estimate of drug-likeness (QED) is 0.832. The monoisotopic (exact) mass is 306 g/mol. The van der Waals surface area contributed by atoms with Crippen LogP contribution in [0.4, 0.5) is 0 Å². The fourth-order valence-electron chi connectivity index (χ4n) is 2.25. The molecule has 3 rings (SSSR count). The normalized spacial score (nSPS) is 16.8. The Hall–Kier alpha value is -1.70. The van der Waals surface area contributed by atoms with Crippen LogP contribution in [0.5, 0.6) is 0 Å². The van der Waals surface area contributed by atoms with E-state index >= 15 is 0 Å². The van der Waals surface area contributed by atoms with Gasteiger partial charge < -0.3 is 10.1 Å². The van der Waals surface area contributed by atoms with Gasteiger partial charge >= 0.3 is 0 Å². The number of nitrogens with one attached hydrogen (secondary N) is 1. The van der Waals surface area contributed by atoms with E-state index in [1.165, 1.54) is 0 Å². The van der Waals surface area contributed by atoms with Gasteiger partial charge in [-0.2, -0.15) is 0 Å². The maximum absolute atomic E-state index is 11.8. The molecule has 7 heteroatoms. The first-order valence-electron chi connectivity index (χ1n) is 6.99. The van der Waals surface area contributed by atoms with Crippen molar-refractivity contribution >= 4 is 28.3 Å². The van der Waals surface area contributed by atoms with Crippen molar-refractivity contribution in [1.29, 1.82) is 0 Å². The standard InChI is InChI=1S/C14H18N4O2S/c19-13(15-3-4-17-5-8-20-9-6-17)2-1-12-11-16-14-18(12)7-10-21-14/h1-2,7,10-11H,3-6,8-9H2,(H,15,19)/b2-1+. The van der Waals surface area contributed by atoms with Crippen LogP contribution in [0.3, 0.4) is 0 Å². The van der Waals surface area contributed by atoms with Gasteiger partial charge in [-0.05, 0) is 6.08 Å². The molecule has 6 nitrogen and oxygen atoms in total. The highest BCUT2D eigenvalue weighted by atomic mass is 32.1. The minimum absolute atomic E-state index is 0.0755. The van der Waals surface area contributed by atoms with Crippen LogP contribution < -0.4 is 5.32 Å². The lowest BCUT2D eigenvalue weighted by Gasteiger charge is -2.26. The highest BCUT2D eigenvalue weighted by Gasteiger charge is 2.09. The van der Waals surface area contributed by atoms with Crippen LogP contribution in [-0.4, -0.2) is 59.6 Å². The van der Waals surface area contributed by atoms with Crippen molar-refractivity contribution in [2.24, 2.45) is 0 Å². The molecule has 1 saturated heterocycles. The topological polar surface area (TPSA) is 58.9 Å². The summed E-state index contributed by atoms with van der Waals surface area (Å²) < 4.78 is 7.25. The second-order valence-electron chi connectivity index (χ2n) is 4.82. The van der Waals surface area contributed by atoms with Gasteiger partial charge in [0, 0.05) is 43.8 Å². The molecule has 1 N–H and O–H groups in total. The van der Waals surface area contributed by atoms with E-state index in [9.17, 15) is 4.79 Å². The van der Waals surface area contributed by atoms with E-state index in [0.29, 0.717) is 6.54 Å². The summed E-state index contributed by atoms with van der Waals surface area (Å²) in [7, 11) is 0. The van der Waals surface area contributed by atoms with E-state index in [2.05, 4.69) is 15.2 Å². The van der Waals surface area contributed by atoms with E-state index < -0.39 is 0 Å². The van der Waals surface area contributed by atoms with Crippen molar-refractivity contribution in [3.63, 3.8) is 0 Å². The molecule has 112 valence electrons. The Kier molecular flexibility index (Phi) is 4.64. The van der Waals surface area contributed by atoms with E-state index in [0.717, 1.165) is 43.5 Å². The summed E-state index contributed by atoms with van der Waals surface area (Å²) in [6.45, 7) is 4.97. The number of amides is 1. The van der Waals surface area contributed by atoms with E-state index in [4.69, 9.17) is 4.74 Å². The molecule has 2 aromatic rings. The first-order valence-corrected chi connectivity index (χ1v) is 7.87. The van der Waals surface area contributed by atoms with E-state index in [1.807, 2.05) is 16.0 Å². The Labute approximate surface area is 127 Å². The number of fused-ring (bicyclic) bond motifs is 1. The van der Waals surface area contributed by atoms with E-state index in [1.54, 1.807) is 29.7 Å². The third-order valence-corrected chi connectivity index (χ3v) is 4.18. The summed E-state index contributed by atoms with van der Waals surface area (Å²) in [5.41, 5.74) is 0.912. The molecule has 3 heterocycles. The lowest BCUT2D eigenvalue weighted by atomic mass is 10.3. The Morgan fingerprint density at radius 2 is 2.33 bits per heavy atom. The average molecular weight is 306 g/mol. The summed E-state index contributed by atoms with van der Waals surface area (Å²) >= 11 is 1.57. The molecule has 0 radical (unpaired) electrons. The fraction of sp³-hybridized carbons (Fsp3) is 0.429. The minimum Gasteiger partial charge on any atom is -0.379 e. The number of ether oxygens (including phenoxy) is 1. The Bertz CT molecular complexity index is 628. The molecule has 2 aromatic heterocycles. The number of nitrogens with zero attached hydrogens (tertiary/aromatic N) is 3. The van der Waals surface area contributed by atoms with Gasteiger partial charge in [0.2, 0.25) is 5.91 Å². The molecule has 0 bridgehead atoms. The molecule has 1 aliphatic heterocycles.